The van der Waals surface area contributed by atoms with Gasteiger partial charge in [-0.15, -0.1) is 0 Å². The molecule has 0 radical (unpaired) electrons. The number of nitrogens with zero attached hydrogens (tertiary/aromatic N) is 3. The average Bonchev–Trinajstić information content (AvgIpc) is 2.64. The van der Waals surface area contributed by atoms with E-state index in [-0.39, 0.29) is 10.7 Å². The van der Waals surface area contributed by atoms with E-state index in [2.05, 4.69) is 25.6 Å². The molecule has 0 bridgehead atoms. The minimum absolute atomic E-state index is 0.224. The van der Waals surface area contributed by atoms with Crippen LogP contribution in [0.1, 0.15) is 21.9 Å². The predicted molar refractivity (Wildman–Crippen MR) is 103 cm³/mol. The second kappa shape index (κ2) is 8.12. The topological polar surface area (TPSA) is 79.8 Å². The number of aryl methyl sites for hydroxylation is 1. The van der Waals surface area contributed by atoms with Crippen LogP contribution in [-0.2, 0) is 6.54 Å². The number of halogens is 2. The Bertz CT molecular complexity index is 934. The van der Waals surface area contributed by atoms with Crippen molar-refractivity contribution >= 4 is 40.6 Å². The largest absolute Gasteiger partial charge is 0.366 e. The standard InChI is InChI=1S/C18H15Cl2N5O/c1-11-23-15(18(26)25-14-6-2-5-13(19)17(14)20)8-16(24-11)22-10-12-4-3-7-21-9-12/h2-9H,10H2,1H3,(H,25,26)(H,22,23,24). The third-order valence-electron chi connectivity index (χ3n) is 3.47. The van der Waals surface area contributed by atoms with Gasteiger partial charge in [0, 0.05) is 25.0 Å². The molecule has 3 rings (SSSR count). The summed E-state index contributed by atoms with van der Waals surface area (Å²) in [4.78, 5) is 25.1. The molecule has 0 fully saturated rings. The third-order valence-corrected chi connectivity index (χ3v) is 4.29. The zero-order valence-corrected chi connectivity index (χ0v) is 15.3. The van der Waals surface area contributed by atoms with Crippen LogP contribution >= 0.6 is 23.2 Å². The second-order valence-corrected chi connectivity index (χ2v) is 6.24. The quantitative estimate of drug-likeness (QED) is 0.679. The Labute approximate surface area is 160 Å². The van der Waals surface area contributed by atoms with Crippen molar-refractivity contribution in [2.45, 2.75) is 13.5 Å². The van der Waals surface area contributed by atoms with Crippen molar-refractivity contribution in [2.24, 2.45) is 0 Å². The molecular formula is C18H15Cl2N5O. The maximum Gasteiger partial charge on any atom is 0.274 e. The molecular weight excluding hydrogens is 373 g/mol. The van der Waals surface area contributed by atoms with Crippen LogP contribution in [0, 0.1) is 6.92 Å². The minimum Gasteiger partial charge on any atom is -0.366 e. The monoisotopic (exact) mass is 387 g/mol. The number of hydrogen-bond acceptors (Lipinski definition) is 5. The molecule has 0 saturated carbocycles. The first-order chi connectivity index (χ1) is 12.5. The lowest BCUT2D eigenvalue weighted by Crippen LogP contribution is -2.16. The van der Waals surface area contributed by atoms with Gasteiger partial charge in [0.2, 0.25) is 0 Å². The Kier molecular flexibility index (Phi) is 5.65. The van der Waals surface area contributed by atoms with Crippen LogP contribution in [0.4, 0.5) is 11.5 Å². The Balaban J connectivity index is 1.76. The molecule has 6 nitrogen and oxygen atoms in total. The van der Waals surface area contributed by atoms with Crippen LogP contribution in [-0.4, -0.2) is 20.9 Å². The molecule has 1 aromatic carbocycles. The van der Waals surface area contributed by atoms with Gasteiger partial charge in [-0.1, -0.05) is 35.3 Å². The van der Waals surface area contributed by atoms with Gasteiger partial charge in [-0.25, -0.2) is 9.97 Å². The number of pyridine rings is 1. The fraction of sp³-hybridized carbons (Fsp3) is 0.111. The van der Waals surface area contributed by atoms with E-state index >= 15 is 0 Å². The van der Waals surface area contributed by atoms with Gasteiger partial charge in [0.05, 0.1) is 15.7 Å². The molecule has 2 heterocycles. The van der Waals surface area contributed by atoms with Crippen molar-refractivity contribution < 1.29 is 4.79 Å². The summed E-state index contributed by atoms with van der Waals surface area (Å²) < 4.78 is 0. The van der Waals surface area contributed by atoms with Gasteiger partial charge >= 0.3 is 0 Å². The van der Waals surface area contributed by atoms with E-state index in [4.69, 9.17) is 23.2 Å². The molecule has 0 unspecified atom stereocenters. The molecule has 0 aliphatic carbocycles. The van der Waals surface area contributed by atoms with E-state index in [0.29, 0.717) is 28.9 Å². The number of anilines is 2. The Morgan fingerprint density at radius 2 is 2.00 bits per heavy atom. The van der Waals surface area contributed by atoms with Crippen LogP contribution in [0.15, 0.2) is 48.8 Å². The lowest BCUT2D eigenvalue weighted by Gasteiger charge is -2.10. The van der Waals surface area contributed by atoms with Crippen molar-refractivity contribution in [3.63, 3.8) is 0 Å². The zero-order chi connectivity index (χ0) is 18.5. The summed E-state index contributed by atoms with van der Waals surface area (Å²) in [6, 6.07) is 10.4. The number of hydrogen-bond donors (Lipinski definition) is 2. The van der Waals surface area contributed by atoms with Crippen molar-refractivity contribution in [1.82, 2.24) is 15.0 Å². The molecule has 26 heavy (non-hydrogen) atoms. The van der Waals surface area contributed by atoms with E-state index in [0.717, 1.165) is 5.56 Å². The van der Waals surface area contributed by atoms with Gasteiger partial charge in [-0.05, 0) is 30.7 Å². The van der Waals surface area contributed by atoms with Crippen molar-refractivity contribution in [3.8, 4) is 0 Å². The molecule has 1 amide bonds. The maximum absolute atomic E-state index is 12.5. The highest BCUT2D eigenvalue weighted by Crippen LogP contribution is 2.29. The first-order valence-electron chi connectivity index (χ1n) is 7.77. The van der Waals surface area contributed by atoms with Crippen LogP contribution in [0.5, 0.6) is 0 Å². The van der Waals surface area contributed by atoms with E-state index in [1.54, 1.807) is 43.6 Å². The Morgan fingerprint density at radius 1 is 1.15 bits per heavy atom. The Hall–Kier alpha value is -2.70. The molecule has 0 aliphatic rings. The molecule has 0 atom stereocenters. The van der Waals surface area contributed by atoms with Crippen LogP contribution in [0.2, 0.25) is 10.0 Å². The number of aromatic nitrogens is 3. The SMILES string of the molecule is Cc1nc(NCc2cccnc2)cc(C(=O)Nc2cccc(Cl)c2Cl)n1. The molecule has 0 aliphatic heterocycles. The number of carbonyl (C=O) groups excluding carboxylic acids is 1. The summed E-state index contributed by atoms with van der Waals surface area (Å²) >= 11 is 12.1. The number of carbonyl (C=O) groups is 1. The normalized spacial score (nSPS) is 10.4. The zero-order valence-electron chi connectivity index (χ0n) is 13.8. The van der Waals surface area contributed by atoms with Crippen molar-refractivity contribution in [3.05, 3.63) is 75.9 Å². The summed E-state index contributed by atoms with van der Waals surface area (Å²) in [5.41, 5.74) is 1.65. The first-order valence-corrected chi connectivity index (χ1v) is 8.52. The fourth-order valence-electron chi connectivity index (χ4n) is 2.26. The molecule has 132 valence electrons. The first kappa shape index (κ1) is 18.1. The average molecular weight is 388 g/mol. The second-order valence-electron chi connectivity index (χ2n) is 5.46. The van der Waals surface area contributed by atoms with Gasteiger partial charge < -0.3 is 10.6 Å². The molecule has 2 N–H and O–H groups in total. The summed E-state index contributed by atoms with van der Waals surface area (Å²) in [5, 5.41) is 6.52. The highest BCUT2D eigenvalue weighted by molar-refractivity contribution is 6.44. The molecule has 0 spiro atoms. The van der Waals surface area contributed by atoms with E-state index in [9.17, 15) is 4.79 Å². The number of amides is 1. The van der Waals surface area contributed by atoms with Crippen LogP contribution in [0.25, 0.3) is 0 Å². The number of nitrogens with one attached hydrogen (secondary N) is 2. The van der Waals surface area contributed by atoms with Gasteiger partial charge in [0.1, 0.15) is 17.3 Å². The van der Waals surface area contributed by atoms with Gasteiger partial charge in [0.25, 0.3) is 5.91 Å². The highest BCUT2D eigenvalue weighted by atomic mass is 35.5. The minimum atomic E-state index is -0.399. The number of benzene rings is 1. The summed E-state index contributed by atoms with van der Waals surface area (Å²) in [5.74, 6) is 0.622. The Morgan fingerprint density at radius 3 is 2.77 bits per heavy atom. The van der Waals surface area contributed by atoms with Gasteiger partial charge in [-0.3, -0.25) is 9.78 Å². The summed E-state index contributed by atoms with van der Waals surface area (Å²) in [7, 11) is 0. The van der Waals surface area contributed by atoms with Crippen LogP contribution < -0.4 is 10.6 Å². The van der Waals surface area contributed by atoms with Crippen LogP contribution in [0.3, 0.4) is 0 Å². The molecule has 8 heteroatoms. The maximum atomic E-state index is 12.5. The highest BCUT2D eigenvalue weighted by Gasteiger charge is 2.13. The smallest absolute Gasteiger partial charge is 0.274 e. The van der Waals surface area contributed by atoms with Crippen molar-refractivity contribution in [2.75, 3.05) is 10.6 Å². The van der Waals surface area contributed by atoms with Gasteiger partial charge in [-0.2, -0.15) is 0 Å². The van der Waals surface area contributed by atoms with E-state index < -0.39 is 5.91 Å². The summed E-state index contributed by atoms with van der Waals surface area (Å²) in [6.45, 7) is 2.25. The van der Waals surface area contributed by atoms with E-state index in [1.165, 1.54) is 0 Å². The lowest BCUT2D eigenvalue weighted by atomic mass is 10.2. The number of rotatable bonds is 5. The molecule has 2 aromatic heterocycles. The van der Waals surface area contributed by atoms with Gasteiger partial charge in [0.15, 0.2) is 0 Å². The third kappa shape index (κ3) is 4.47. The van der Waals surface area contributed by atoms with Crippen molar-refractivity contribution in [1.29, 1.82) is 0 Å². The fourth-order valence-corrected chi connectivity index (χ4v) is 2.60. The van der Waals surface area contributed by atoms with E-state index in [1.807, 2.05) is 12.1 Å². The predicted octanol–water partition coefficient (Wildman–Crippen LogP) is 4.35. The summed E-state index contributed by atoms with van der Waals surface area (Å²) in [6.07, 6.45) is 3.47. The lowest BCUT2D eigenvalue weighted by molar-refractivity contribution is 0.102. The molecule has 3 aromatic rings. The molecule has 0 saturated heterocycles.